The Morgan fingerprint density at radius 3 is 2.67 bits per heavy atom. The molecule has 2 aromatic carbocycles. The summed E-state index contributed by atoms with van der Waals surface area (Å²) >= 11 is 0. The zero-order valence-electron chi connectivity index (χ0n) is 29.6. The lowest BCUT2D eigenvalue weighted by molar-refractivity contribution is 0.109. The smallest absolute Gasteiger partial charge is 0.319 e. The predicted molar refractivity (Wildman–Crippen MR) is 178 cm³/mol. The number of benzene rings is 2. The predicted octanol–water partition coefficient (Wildman–Crippen LogP) is 5.72. The third kappa shape index (κ3) is 5.54. The fraction of sp³-hybridized carbons (Fsp3) is 0.417. The number of halogens is 3. The molecule has 2 bridgehead atoms. The molecule has 0 spiro atoms. The average Bonchev–Trinajstić information content (AvgIpc) is 3.44. The van der Waals surface area contributed by atoms with Crippen LogP contribution in [-0.2, 0) is 0 Å². The van der Waals surface area contributed by atoms with Gasteiger partial charge in [0, 0.05) is 58.7 Å². The maximum atomic E-state index is 17.2. The van der Waals surface area contributed by atoms with Crippen molar-refractivity contribution in [1.82, 2.24) is 25.2 Å². The van der Waals surface area contributed by atoms with E-state index in [9.17, 15) is 9.50 Å². The number of phenols is 1. The SMILES string of the molecule is [2H]C([2H])([2H])N1CC/C(=C\F)[C@](C)(COc2nc(N3C[C@H]4CC[C@@H](C3)N4)c3c(OCC)nc(-c4cc(O)cc5ccc(F)c(C#C)c45)c(F)c3n2)C1. The van der Waals surface area contributed by atoms with E-state index in [0.717, 1.165) is 12.8 Å². The fourth-order valence-electron chi connectivity index (χ4n) is 7.25. The number of likely N-dealkylation sites (tertiary alicyclic amines) is 1. The second-order valence-electron chi connectivity index (χ2n) is 12.9. The molecule has 3 fully saturated rings. The largest absolute Gasteiger partial charge is 0.508 e. The highest BCUT2D eigenvalue weighted by atomic mass is 19.1. The zero-order chi connectivity index (χ0) is 36.2. The Kier molecular flexibility index (Phi) is 7.37. The minimum atomic E-state index is -2.39. The Balaban J connectivity index is 1.42. The fourth-order valence-corrected chi connectivity index (χ4v) is 7.25. The molecule has 7 rings (SSSR count). The van der Waals surface area contributed by atoms with Crippen molar-refractivity contribution in [3.8, 4) is 41.2 Å². The van der Waals surface area contributed by atoms with Gasteiger partial charge in [0.1, 0.15) is 40.6 Å². The summed E-state index contributed by atoms with van der Waals surface area (Å²) in [6.45, 7) is 2.26. The van der Waals surface area contributed by atoms with Gasteiger partial charge in [-0.3, -0.25) is 0 Å². The van der Waals surface area contributed by atoms with Crippen LogP contribution in [0.2, 0.25) is 0 Å². The van der Waals surface area contributed by atoms with Gasteiger partial charge in [-0.15, -0.1) is 6.42 Å². The number of aromatic nitrogens is 3. The highest BCUT2D eigenvalue weighted by Gasteiger charge is 2.38. The monoisotopic (exact) mass is 661 g/mol. The first-order valence-electron chi connectivity index (χ1n) is 17.5. The summed E-state index contributed by atoms with van der Waals surface area (Å²) in [4.78, 5) is 17.2. The van der Waals surface area contributed by atoms with Crippen LogP contribution >= 0.6 is 0 Å². The number of nitrogens with zero attached hydrogens (tertiary/aromatic N) is 5. The van der Waals surface area contributed by atoms with Crippen molar-refractivity contribution in [2.75, 3.05) is 51.3 Å². The van der Waals surface area contributed by atoms with Crippen LogP contribution in [0.25, 0.3) is 32.9 Å². The third-order valence-electron chi connectivity index (χ3n) is 9.58. The van der Waals surface area contributed by atoms with Gasteiger partial charge in [-0.1, -0.05) is 18.9 Å². The molecular formula is C36H37F3N6O3. The van der Waals surface area contributed by atoms with Crippen LogP contribution in [0.4, 0.5) is 19.0 Å². The molecule has 0 aliphatic carbocycles. The number of fused-ring (bicyclic) bond motifs is 4. The van der Waals surface area contributed by atoms with Gasteiger partial charge in [-0.05, 0) is 62.3 Å². The molecule has 3 aliphatic heterocycles. The molecule has 0 unspecified atom stereocenters. The standard InChI is InChI=1S/C36H37F3N6O3/c1-5-25-27(38)10-7-20-13-24(46)14-26(28(20)25)31-30(39)32-29(34(41-31)47-6-2)33(45-16-22-8-9-23(17-45)40-22)43-35(42-32)48-19-36(3)18-44(4)12-11-21(36)15-37/h1,7,10,13-15,22-23,40,46H,6,8-9,11-12,16-19H2,2-4H3/b21-15+/t22-,23+,36-/m0/s1/i4D3. The molecule has 9 nitrogen and oxygen atoms in total. The van der Waals surface area contributed by atoms with Gasteiger partial charge in [0.05, 0.1) is 18.5 Å². The van der Waals surface area contributed by atoms with Crippen LogP contribution in [0.15, 0.2) is 36.2 Å². The summed E-state index contributed by atoms with van der Waals surface area (Å²) in [5.74, 6) is 0.844. The lowest BCUT2D eigenvalue weighted by Crippen LogP contribution is -2.51. The number of terminal acetylenes is 1. The number of hydrogen-bond donors (Lipinski definition) is 2. The molecule has 5 heterocycles. The summed E-state index contributed by atoms with van der Waals surface area (Å²) in [6, 6.07) is 5.38. The molecule has 2 aromatic heterocycles. The molecule has 0 saturated carbocycles. The Morgan fingerprint density at radius 2 is 1.96 bits per heavy atom. The summed E-state index contributed by atoms with van der Waals surface area (Å²) < 4.78 is 82.3. The lowest BCUT2D eigenvalue weighted by atomic mass is 9.78. The maximum absolute atomic E-state index is 17.2. The molecule has 12 heteroatoms. The number of aromatic hydroxyl groups is 1. The van der Waals surface area contributed by atoms with E-state index in [1.165, 1.54) is 29.2 Å². The molecular weight excluding hydrogens is 621 g/mol. The molecule has 250 valence electrons. The number of piperidine rings is 1. The zero-order valence-corrected chi connectivity index (χ0v) is 26.6. The van der Waals surface area contributed by atoms with E-state index < -0.39 is 24.0 Å². The number of pyridine rings is 1. The third-order valence-corrected chi connectivity index (χ3v) is 9.58. The number of rotatable bonds is 7. The van der Waals surface area contributed by atoms with E-state index >= 15 is 8.78 Å². The van der Waals surface area contributed by atoms with Gasteiger partial charge in [0.15, 0.2) is 5.82 Å². The quantitative estimate of drug-likeness (QED) is 0.241. The van der Waals surface area contributed by atoms with E-state index in [2.05, 4.69) is 21.2 Å². The van der Waals surface area contributed by atoms with Gasteiger partial charge in [0.2, 0.25) is 5.88 Å². The van der Waals surface area contributed by atoms with Crippen molar-refractivity contribution in [3.05, 3.63) is 53.4 Å². The number of nitrogens with one attached hydrogen (secondary N) is 1. The summed E-state index contributed by atoms with van der Waals surface area (Å²) in [7, 11) is 0. The average molecular weight is 662 g/mol. The number of ether oxygens (including phenoxy) is 2. The van der Waals surface area contributed by atoms with Crippen LogP contribution in [0.5, 0.6) is 17.6 Å². The Labute approximate surface area is 281 Å². The molecule has 48 heavy (non-hydrogen) atoms. The van der Waals surface area contributed by atoms with Gasteiger partial charge in [-0.25, -0.2) is 18.2 Å². The van der Waals surface area contributed by atoms with Crippen LogP contribution in [-0.4, -0.2) is 83.4 Å². The molecule has 3 aliphatic rings. The second kappa shape index (κ2) is 12.5. The molecule has 3 atom stereocenters. The van der Waals surface area contributed by atoms with Crippen LogP contribution in [0, 0.1) is 29.4 Å². The van der Waals surface area contributed by atoms with Gasteiger partial charge < -0.3 is 29.7 Å². The minimum Gasteiger partial charge on any atom is -0.508 e. The molecule has 4 aromatic rings. The van der Waals surface area contributed by atoms with E-state index in [1.807, 2.05) is 4.90 Å². The van der Waals surface area contributed by atoms with Crippen molar-refractivity contribution in [2.24, 2.45) is 5.41 Å². The van der Waals surface area contributed by atoms with E-state index in [-0.39, 0.29) is 95.6 Å². The summed E-state index contributed by atoms with van der Waals surface area (Å²) in [6.07, 6.45) is 8.30. The van der Waals surface area contributed by atoms with Crippen LogP contribution in [0.3, 0.4) is 0 Å². The summed E-state index contributed by atoms with van der Waals surface area (Å²) in [5, 5.41) is 15.0. The number of hydrogen-bond acceptors (Lipinski definition) is 9. The lowest BCUT2D eigenvalue weighted by Gasteiger charge is -2.40. The molecule has 0 amide bonds. The van der Waals surface area contributed by atoms with Crippen LogP contribution < -0.4 is 19.7 Å². The van der Waals surface area contributed by atoms with E-state index in [4.69, 9.17) is 25.0 Å². The van der Waals surface area contributed by atoms with Gasteiger partial charge >= 0.3 is 6.01 Å². The van der Waals surface area contributed by atoms with Crippen LogP contribution in [0.1, 0.15) is 42.8 Å². The minimum absolute atomic E-state index is 0.0155. The maximum Gasteiger partial charge on any atom is 0.319 e. The highest BCUT2D eigenvalue weighted by Crippen LogP contribution is 2.43. The first kappa shape index (κ1) is 28.4. The topological polar surface area (TPSA) is 95.9 Å². The molecule has 0 radical (unpaired) electrons. The second-order valence-corrected chi connectivity index (χ2v) is 12.9. The van der Waals surface area contributed by atoms with E-state index in [1.54, 1.807) is 13.8 Å². The van der Waals surface area contributed by atoms with E-state index in [0.29, 0.717) is 36.2 Å². The van der Waals surface area contributed by atoms with Gasteiger partial charge in [-0.2, -0.15) is 9.97 Å². The van der Waals surface area contributed by atoms with Crippen molar-refractivity contribution < 1.29 is 31.9 Å². The van der Waals surface area contributed by atoms with Crippen molar-refractivity contribution in [1.29, 1.82) is 0 Å². The number of anilines is 1. The number of piperazine rings is 1. The molecule has 2 N–H and O–H groups in total. The Morgan fingerprint density at radius 1 is 1.17 bits per heavy atom. The molecule has 3 saturated heterocycles. The van der Waals surface area contributed by atoms with Crippen molar-refractivity contribution in [2.45, 2.75) is 45.2 Å². The normalized spacial score (nSPS) is 24.8. The van der Waals surface area contributed by atoms with Crippen molar-refractivity contribution in [3.63, 3.8) is 0 Å². The Bertz CT molecular complexity index is 2100. The highest BCUT2D eigenvalue weighted by molar-refractivity contribution is 6.04. The van der Waals surface area contributed by atoms with Gasteiger partial charge in [0.25, 0.3) is 0 Å². The first-order chi connectivity index (χ1) is 24.3. The Hall–Kier alpha value is -4.60. The first-order valence-corrected chi connectivity index (χ1v) is 16.0. The van der Waals surface area contributed by atoms with Crippen molar-refractivity contribution >= 4 is 27.5 Å². The number of phenolic OH excluding ortho intramolecular Hbond substituents is 1. The summed E-state index contributed by atoms with van der Waals surface area (Å²) in [5.41, 5.74) is -1.29.